The third-order valence-electron chi connectivity index (χ3n) is 8.81. The summed E-state index contributed by atoms with van der Waals surface area (Å²) in [5.41, 5.74) is 3.36. The van der Waals surface area contributed by atoms with E-state index in [1.54, 1.807) is 6.07 Å². The number of thioether (sulfide) groups is 1. The molecular formula is C38H56O7S. The van der Waals surface area contributed by atoms with Crippen LogP contribution in [0.2, 0.25) is 0 Å². The van der Waals surface area contributed by atoms with Gasteiger partial charge in [-0.05, 0) is 67.3 Å². The Morgan fingerprint density at radius 3 is 2.11 bits per heavy atom. The molecule has 1 fully saturated rings. The second-order valence-electron chi connectivity index (χ2n) is 12.6. The second kappa shape index (κ2) is 19.8. The van der Waals surface area contributed by atoms with E-state index in [4.69, 9.17) is 23.7 Å². The molecule has 2 aliphatic rings. The highest BCUT2D eigenvalue weighted by molar-refractivity contribution is 8.00. The van der Waals surface area contributed by atoms with E-state index >= 15 is 0 Å². The summed E-state index contributed by atoms with van der Waals surface area (Å²) >= 11 is 1.91. The van der Waals surface area contributed by atoms with Crippen LogP contribution in [0, 0.1) is 0 Å². The Balaban J connectivity index is 1.70. The van der Waals surface area contributed by atoms with E-state index in [9.17, 15) is 9.90 Å². The number of hydrogen-bond donors (Lipinski definition) is 1. The molecule has 0 radical (unpaired) electrons. The first-order chi connectivity index (χ1) is 22.5. The fourth-order valence-corrected chi connectivity index (χ4v) is 7.57. The fourth-order valence-electron chi connectivity index (χ4n) is 6.21. The maximum absolute atomic E-state index is 12.7. The minimum atomic E-state index is -0.972. The third kappa shape index (κ3) is 10.3. The van der Waals surface area contributed by atoms with Crippen molar-refractivity contribution in [3.63, 3.8) is 0 Å². The second-order valence-corrected chi connectivity index (χ2v) is 13.9. The molecule has 0 aromatic heterocycles. The van der Waals surface area contributed by atoms with Crippen LogP contribution in [0.15, 0.2) is 47.4 Å². The van der Waals surface area contributed by atoms with Gasteiger partial charge < -0.3 is 28.8 Å². The average Bonchev–Trinajstić information content (AvgIpc) is 3.47. The number of ether oxygens (including phenoxy) is 5. The molecule has 2 aromatic carbocycles. The van der Waals surface area contributed by atoms with Crippen LogP contribution in [0.1, 0.15) is 112 Å². The van der Waals surface area contributed by atoms with Gasteiger partial charge in [-0.25, -0.2) is 4.79 Å². The molecule has 0 aliphatic carbocycles. The highest BCUT2D eigenvalue weighted by Crippen LogP contribution is 2.41. The summed E-state index contributed by atoms with van der Waals surface area (Å²) in [4.78, 5) is 14.0. The van der Waals surface area contributed by atoms with Gasteiger partial charge >= 0.3 is 5.97 Å². The first-order valence-electron chi connectivity index (χ1n) is 17.7. The molecular weight excluding hydrogens is 600 g/mol. The summed E-state index contributed by atoms with van der Waals surface area (Å²) in [5.74, 6) is -0.972. The van der Waals surface area contributed by atoms with Crippen LogP contribution in [0.5, 0.6) is 0 Å². The highest BCUT2D eigenvalue weighted by atomic mass is 32.2. The van der Waals surface area contributed by atoms with Gasteiger partial charge in [0.15, 0.2) is 0 Å². The minimum Gasteiger partial charge on any atom is -0.478 e. The summed E-state index contributed by atoms with van der Waals surface area (Å²) < 4.78 is 32.9. The van der Waals surface area contributed by atoms with Crippen LogP contribution in [0.4, 0.5) is 0 Å². The number of carbonyl (C=O) groups is 1. The standard InChI is InChI=1S/C38H56O7S/c1-5-9-19-41-26-32-35(42-20-10-6-2)37(44-22-12-8-4)36(43-21-11-7-3)34(45-32)31-24-27(17-18-30(31)38(39)40)23-29-25-28-15-13-14-16-33(28)46-29/h13-18,24,29,32,34-37H,5-12,19-23,25-26H2,1-4H3,(H,39,40)/t29?,32?,34?,35-,36+,37+/m1/s1. The van der Waals surface area contributed by atoms with E-state index in [-0.39, 0.29) is 5.56 Å². The molecule has 6 atom stereocenters. The van der Waals surface area contributed by atoms with Crippen LogP contribution in [0.3, 0.4) is 0 Å². The van der Waals surface area contributed by atoms with E-state index in [1.165, 1.54) is 10.5 Å². The lowest BCUT2D eigenvalue weighted by atomic mass is 9.87. The topological polar surface area (TPSA) is 83.5 Å². The van der Waals surface area contributed by atoms with Crippen molar-refractivity contribution in [2.24, 2.45) is 0 Å². The zero-order chi connectivity index (χ0) is 32.7. The molecule has 46 heavy (non-hydrogen) atoms. The lowest BCUT2D eigenvalue weighted by molar-refractivity contribution is -0.268. The van der Waals surface area contributed by atoms with Crippen molar-refractivity contribution < 1.29 is 33.6 Å². The summed E-state index contributed by atoms with van der Waals surface area (Å²) in [6.45, 7) is 11.3. The molecule has 0 saturated carbocycles. The molecule has 2 heterocycles. The van der Waals surface area contributed by atoms with Crippen molar-refractivity contribution in [2.75, 3.05) is 33.0 Å². The number of rotatable bonds is 21. The molecule has 4 rings (SSSR count). The maximum atomic E-state index is 12.7. The molecule has 0 bridgehead atoms. The Morgan fingerprint density at radius 1 is 0.826 bits per heavy atom. The summed E-state index contributed by atoms with van der Waals surface area (Å²) in [6.07, 6.45) is 7.17. The zero-order valence-corrected chi connectivity index (χ0v) is 29.2. The van der Waals surface area contributed by atoms with Gasteiger partial charge in [-0.2, -0.15) is 0 Å². The van der Waals surface area contributed by atoms with Crippen LogP contribution in [-0.2, 0) is 36.5 Å². The number of hydrogen-bond acceptors (Lipinski definition) is 7. The number of carboxylic acid groups (broad SMARTS) is 1. The summed E-state index contributed by atoms with van der Waals surface area (Å²) in [6, 6.07) is 14.3. The van der Waals surface area contributed by atoms with E-state index in [2.05, 4.69) is 52.0 Å². The Hall–Kier alpha value is -1.94. The first kappa shape index (κ1) is 36.9. The van der Waals surface area contributed by atoms with Crippen molar-refractivity contribution in [1.82, 2.24) is 0 Å². The number of fused-ring (bicyclic) bond motifs is 1. The number of unbranched alkanes of at least 4 members (excludes halogenated alkanes) is 4. The molecule has 2 aromatic rings. The molecule has 256 valence electrons. The predicted molar refractivity (Wildman–Crippen MR) is 184 cm³/mol. The SMILES string of the molecule is CCCCOCC1OC(c2cc(CC3Cc4ccccc4S3)ccc2C(=O)O)[C@H](OCCCC)[C@@H](OCCCC)[C@@H]1OCCCC. The van der Waals surface area contributed by atoms with Gasteiger partial charge in [0.2, 0.25) is 0 Å². The average molecular weight is 657 g/mol. The molecule has 1 N–H and O–H groups in total. The van der Waals surface area contributed by atoms with Gasteiger partial charge in [0.25, 0.3) is 0 Å². The van der Waals surface area contributed by atoms with Gasteiger partial charge in [0.1, 0.15) is 30.5 Å². The monoisotopic (exact) mass is 656 g/mol. The Bertz CT molecular complexity index is 1160. The first-order valence-corrected chi connectivity index (χ1v) is 18.6. The van der Waals surface area contributed by atoms with Crippen LogP contribution < -0.4 is 0 Å². The quantitative estimate of drug-likeness (QED) is 0.134. The van der Waals surface area contributed by atoms with Crippen molar-refractivity contribution >= 4 is 17.7 Å². The number of aromatic carboxylic acids is 1. The summed E-state index contributed by atoms with van der Waals surface area (Å²) in [7, 11) is 0. The minimum absolute atomic E-state index is 0.239. The maximum Gasteiger partial charge on any atom is 0.336 e. The Labute approximate surface area is 281 Å². The van der Waals surface area contributed by atoms with Crippen molar-refractivity contribution in [3.05, 3.63) is 64.7 Å². The summed E-state index contributed by atoms with van der Waals surface area (Å²) in [5, 5.41) is 10.8. The normalized spacial score (nSPS) is 24.3. The van der Waals surface area contributed by atoms with Gasteiger partial charge in [-0.15, -0.1) is 11.8 Å². The molecule has 1 saturated heterocycles. The zero-order valence-electron chi connectivity index (χ0n) is 28.4. The Kier molecular flexibility index (Phi) is 15.9. The van der Waals surface area contributed by atoms with Crippen LogP contribution in [-0.4, -0.2) is 73.8 Å². The largest absolute Gasteiger partial charge is 0.478 e. The van der Waals surface area contributed by atoms with Gasteiger partial charge in [-0.1, -0.05) is 83.7 Å². The molecule has 7 nitrogen and oxygen atoms in total. The smallest absolute Gasteiger partial charge is 0.336 e. The van der Waals surface area contributed by atoms with E-state index in [1.807, 2.05) is 23.9 Å². The van der Waals surface area contributed by atoms with E-state index < -0.39 is 36.5 Å². The van der Waals surface area contributed by atoms with E-state index in [0.717, 1.165) is 69.8 Å². The van der Waals surface area contributed by atoms with Crippen molar-refractivity contribution in [3.8, 4) is 0 Å². The molecule has 3 unspecified atom stereocenters. The van der Waals surface area contributed by atoms with Crippen molar-refractivity contribution in [2.45, 2.75) is 133 Å². The molecule has 0 amide bonds. The number of carboxylic acids is 1. The van der Waals surface area contributed by atoms with Gasteiger partial charge in [0, 0.05) is 36.6 Å². The molecule has 0 spiro atoms. The molecule has 2 aliphatic heterocycles. The van der Waals surface area contributed by atoms with Crippen LogP contribution in [0.25, 0.3) is 0 Å². The highest BCUT2D eigenvalue weighted by Gasteiger charge is 2.49. The number of benzene rings is 2. The van der Waals surface area contributed by atoms with Crippen LogP contribution >= 0.6 is 11.8 Å². The predicted octanol–water partition coefficient (Wildman–Crippen LogP) is 8.46. The fraction of sp³-hybridized carbons (Fsp3) is 0.658. The third-order valence-corrected chi connectivity index (χ3v) is 10.1. The molecule has 8 heteroatoms. The lowest BCUT2D eigenvalue weighted by Gasteiger charge is -2.46. The van der Waals surface area contributed by atoms with Gasteiger partial charge in [-0.3, -0.25) is 0 Å². The van der Waals surface area contributed by atoms with Gasteiger partial charge in [0.05, 0.1) is 12.2 Å². The lowest BCUT2D eigenvalue weighted by Crippen LogP contribution is -2.58. The van der Waals surface area contributed by atoms with E-state index in [0.29, 0.717) is 43.8 Å². The Morgan fingerprint density at radius 2 is 1.46 bits per heavy atom. The van der Waals surface area contributed by atoms with Crippen molar-refractivity contribution in [1.29, 1.82) is 0 Å².